The third kappa shape index (κ3) is 2.08. The van der Waals surface area contributed by atoms with Crippen molar-refractivity contribution in [2.45, 2.75) is 44.4 Å². The SMILES string of the molecule is CC12CCC(C(=O)Nc3ccc(I)cc3)(c3nc4ccccc4nc31)C2(C)C. The van der Waals surface area contributed by atoms with Gasteiger partial charge in [0.2, 0.25) is 5.91 Å². The van der Waals surface area contributed by atoms with Gasteiger partial charge in [-0.15, -0.1) is 0 Å². The molecule has 1 heterocycles. The van der Waals surface area contributed by atoms with Gasteiger partial charge in [0.25, 0.3) is 0 Å². The van der Waals surface area contributed by atoms with E-state index in [9.17, 15) is 4.79 Å². The summed E-state index contributed by atoms with van der Waals surface area (Å²) in [6, 6.07) is 15.9. The van der Waals surface area contributed by atoms with Crippen LogP contribution in [-0.2, 0) is 15.6 Å². The summed E-state index contributed by atoms with van der Waals surface area (Å²) >= 11 is 2.27. The van der Waals surface area contributed by atoms with Crippen LogP contribution in [0.15, 0.2) is 48.5 Å². The van der Waals surface area contributed by atoms with Crippen LogP contribution in [0.1, 0.15) is 45.0 Å². The van der Waals surface area contributed by atoms with E-state index < -0.39 is 5.41 Å². The molecule has 3 aromatic rings. The summed E-state index contributed by atoms with van der Waals surface area (Å²) in [5, 5.41) is 3.18. The van der Waals surface area contributed by atoms with Crippen LogP contribution in [0.4, 0.5) is 5.69 Å². The molecule has 28 heavy (non-hydrogen) atoms. The molecule has 1 fully saturated rings. The van der Waals surface area contributed by atoms with Crippen LogP contribution in [0.5, 0.6) is 0 Å². The number of hydrogen-bond donors (Lipinski definition) is 1. The minimum absolute atomic E-state index is 0.0331. The van der Waals surface area contributed by atoms with Gasteiger partial charge < -0.3 is 5.32 Å². The molecule has 2 aromatic carbocycles. The number of benzene rings is 2. The van der Waals surface area contributed by atoms with Crippen LogP contribution >= 0.6 is 22.6 Å². The molecule has 1 N–H and O–H groups in total. The molecule has 142 valence electrons. The fourth-order valence-corrected chi connectivity index (χ4v) is 5.68. The minimum Gasteiger partial charge on any atom is -0.325 e. The monoisotopic (exact) mass is 483 g/mol. The number of nitrogens with zero attached hydrogens (tertiary/aromatic N) is 2. The number of fused-ring (bicyclic) bond motifs is 6. The molecule has 2 atom stereocenters. The van der Waals surface area contributed by atoms with Gasteiger partial charge in [-0.1, -0.05) is 32.9 Å². The van der Waals surface area contributed by atoms with E-state index in [2.05, 4.69) is 48.7 Å². The molecule has 2 aliphatic rings. The summed E-state index contributed by atoms with van der Waals surface area (Å²) in [7, 11) is 0. The first kappa shape index (κ1) is 18.0. The maximum atomic E-state index is 13.8. The Morgan fingerprint density at radius 3 is 2.18 bits per heavy atom. The topological polar surface area (TPSA) is 54.9 Å². The summed E-state index contributed by atoms with van der Waals surface area (Å²) in [4.78, 5) is 23.8. The average molecular weight is 483 g/mol. The van der Waals surface area contributed by atoms with Crippen molar-refractivity contribution >= 4 is 45.2 Å². The Morgan fingerprint density at radius 1 is 0.929 bits per heavy atom. The number of anilines is 1. The maximum absolute atomic E-state index is 13.8. The lowest BCUT2D eigenvalue weighted by Gasteiger charge is -2.39. The van der Waals surface area contributed by atoms with Crippen molar-refractivity contribution in [2.75, 3.05) is 5.32 Å². The Kier molecular flexibility index (Phi) is 3.70. The van der Waals surface area contributed by atoms with Crippen molar-refractivity contribution in [1.29, 1.82) is 0 Å². The lowest BCUT2D eigenvalue weighted by atomic mass is 9.63. The normalized spacial score (nSPS) is 27.0. The number of aromatic nitrogens is 2. The predicted octanol–water partition coefficient (Wildman–Crippen LogP) is 5.20. The van der Waals surface area contributed by atoms with E-state index >= 15 is 0 Å². The van der Waals surface area contributed by atoms with Crippen molar-refractivity contribution in [3.63, 3.8) is 0 Å². The quantitative estimate of drug-likeness (QED) is 0.510. The van der Waals surface area contributed by atoms with E-state index in [1.165, 1.54) is 0 Å². The highest BCUT2D eigenvalue weighted by atomic mass is 127. The second-order valence-electron chi connectivity index (χ2n) is 8.73. The molecule has 2 aliphatic carbocycles. The molecule has 0 radical (unpaired) electrons. The van der Waals surface area contributed by atoms with E-state index in [0.717, 1.165) is 44.5 Å². The molecule has 0 spiro atoms. The Labute approximate surface area is 178 Å². The molecule has 2 unspecified atom stereocenters. The van der Waals surface area contributed by atoms with Crippen LogP contribution in [-0.4, -0.2) is 15.9 Å². The molecule has 5 rings (SSSR count). The lowest BCUT2D eigenvalue weighted by Crippen LogP contribution is -2.48. The first-order chi connectivity index (χ1) is 13.3. The number of carbonyl (C=O) groups is 1. The van der Waals surface area contributed by atoms with Crippen molar-refractivity contribution in [3.8, 4) is 0 Å². The Bertz CT molecular complexity index is 1120. The number of halogens is 1. The van der Waals surface area contributed by atoms with Crippen LogP contribution < -0.4 is 5.32 Å². The van der Waals surface area contributed by atoms with E-state index in [0.29, 0.717) is 0 Å². The number of para-hydroxylation sites is 2. The predicted molar refractivity (Wildman–Crippen MR) is 119 cm³/mol. The van der Waals surface area contributed by atoms with E-state index in [-0.39, 0.29) is 16.7 Å². The Morgan fingerprint density at radius 2 is 1.54 bits per heavy atom. The standard InChI is InChI=1S/C23H22IN3O/c1-21(2)22(3)12-13-23(21,20(28)25-15-10-8-14(24)9-11-15)19-18(22)26-16-6-4-5-7-17(16)27-19/h4-11H,12-13H2,1-3H3,(H,25,28). The summed E-state index contributed by atoms with van der Waals surface area (Å²) < 4.78 is 1.14. The summed E-state index contributed by atoms with van der Waals surface area (Å²) in [6.07, 6.45) is 1.74. The summed E-state index contributed by atoms with van der Waals surface area (Å²) in [5.74, 6) is 0.0331. The zero-order chi connectivity index (χ0) is 19.7. The third-order valence-corrected chi connectivity index (χ3v) is 8.15. The van der Waals surface area contributed by atoms with Gasteiger partial charge in [-0.3, -0.25) is 4.79 Å². The largest absolute Gasteiger partial charge is 0.325 e. The molecule has 0 saturated heterocycles. The Balaban J connectivity index is 1.69. The fraction of sp³-hybridized carbons (Fsp3) is 0.348. The maximum Gasteiger partial charge on any atom is 0.237 e. The number of nitrogens with one attached hydrogen (secondary N) is 1. The molecular weight excluding hydrogens is 461 g/mol. The van der Waals surface area contributed by atoms with Crippen LogP contribution in [0.2, 0.25) is 0 Å². The Hall–Kier alpha value is -2.02. The average Bonchev–Trinajstić information content (AvgIpc) is 2.98. The van der Waals surface area contributed by atoms with Crippen LogP contribution in [0.3, 0.4) is 0 Å². The van der Waals surface area contributed by atoms with E-state index in [1.807, 2.05) is 48.5 Å². The highest BCUT2D eigenvalue weighted by molar-refractivity contribution is 14.1. The molecule has 2 bridgehead atoms. The number of hydrogen-bond acceptors (Lipinski definition) is 3. The molecular formula is C23H22IN3O. The lowest BCUT2D eigenvalue weighted by molar-refractivity contribution is -0.125. The summed E-state index contributed by atoms with van der Waals surface area (Å²) in [6.45, 7) is 6.67. The zero-order valence-corrected chi connectivity index (χ0v) is 18.4. The molecule has 0 aliphatic heterocycles. The van der Waals surface area contributed by atoms with E-state index in [4.69, 9.17) is 9.97 Å². The van der Waals surface area contributed by atoms with Gasteiger partial charge in [0.1, 0.15) is 0 Å². The number of carbonyl (C=O) groups excluding carboxylic acids is 1. The fourth-order valence-electron chi connectivity index (χ4n) is 5.32. The number of rotatable bonds is 2. The van der Waals surface area contributed by atoms with Gasteiger partial charge >= 0.3 is 0 Å². The van der Waals surface area contributed by atoms with Gasteiger partial charge in [-0.25, -0.2) is 9.97 Å². The first-order valence-corrected chi connectivity index (χ1v) is 10.7. The van der Waals surface area contributed by atoms with Gasteiger partial charge in [0.15, 0.2) is 0 Å². The molecule has 4 nitrogen and oxygen atoms in total. The van der Waals surface area contributed by atoms with Crippen LogP contribution in [0, 0.1) is 8.99 Å². The zero-order valence-electron chi connectivity index (χ0n) is 16.2. The van der Waals surface area contributed by atoms with E-state index in [1.54, 1.807) is 0 Å². The summed E-state index contributed by atoms with van der Waals surface area (Å²) in [5.41, 5.74) is 3.35. The minimum atomic E-state index is -0.670. The molecule has 5 heteroatoms. The van der Waals surface area contributed by atoms with Gasteiger partial charge in [-0.2, -0.15) is 0 Å². The second kappa shape index (κ2) is 5.75. The van der Waals surface area contributed by atoms with Gasteiger partial charge in [0, 0.05) is 14.7 Å². The van der Waals surface area contributed by atoms with Crippen molar-refractivity contribution in [1.82, 2.24) is 9.97 Å². The highest BCUT2D eigenvalue weighted by Gasteiger charge is 2.73. The first-order valence-electron chi connectivity index (χ1n) is 9.64. The highest BCUT2D eigenvalue weighted by Crippen LogP contribution is 2.70. The van der Waals surface area contributed by atoms with Crippen LogP contribution in [0.25, 0.3) is 11.0 Å². The molecule has 1 aromatic heterocycles. The van der Waals surface area contributed by atoms with Crippen molar-refractivity contribution < 1.29 is 4.79 Å². The smallest absolute Gasteiger partial charge is 0.237 e. The third-order valence-electron chi connectivity index (χ3n) is 7.43. The van der Waals surface area contributed by atoms with Gasteiger partial charge in [-0.05, 0) is 77.2 Å². The van der Waals surface area contributed by atoms with Crippen molar-refractivity contribution in [3.05, 3.63) is 63.5 Å². The molecule has 1 saturated carbocycles. The second-order valence-corrected chi connectivity index (χ2v) is 9.98. The van der Waals surface area contributed by atoms with Crippen molar-refractivity contribution in [2.24, 2.45) is 5.41 Å². The molecule has 1 amide bonds. The van der Waals surface area contributed by atoms with Gasteiger partial charge in [0.05, 0.1) is 27.8 Å². The number of amides is 1.